The highest BCUT2D eigenvalue weighted by atomic mass is 16.5. The maximum absolute atomic E-state index is 11.3. The average Bonchev–Trinajstić information content (AvgIpc) is 3.10. The van der Waals surface area contributed by atoms with Gasteiger partial charge < -0.3 is 19.1 Å². The van der Waals surface area contributed by atoms with Crippen LogP contribution in [0.15, 0.2) is 67.0 Å². The number of carboxylic acids is 1. The van der Waals surface area contributed by atoms with Crippen LogP contribution in [0.3, 0.4) is 0 Å². The number of fused-ring (bicyclic) bond motifs is 1. The highest BCUT2D eigenvalue weighted by Gasteiger charge is 2.14. The molecule has 0 aliphatic carbocycles. The summed E-state index contributed by atoms with van der Waals surface area (Å²) in [5, 5.41) is 9.29. The topological polar surface area (TPSA) is 86.5 Å². The molecule has 2 heterocycles. The number of carboxylic acid groups (broad SMARTS) is 1. The molecule has 158 valence electrons. The van der Waals surface area contributed by atoms with E-state index in [1.54, 1.807) is 12.1 Å². The molecule has 31 heavy (non-hydrogen) atoms. The first-order chi connectivity index (χ1) is 15.1. The van der Waals surface area contributed by atoms with Crippen LogP contribution in [0.1, 0.15) is 21.6 Å². The van der Waals surface area contributed by atoms with Crippen LogP contribution in [0.5, 0.6) is 11.6 Å². The molecule has 4 aromatic rings. The van der Waals surface area contributed by atoms with Crippen molar-refractivity contribution in [3.63, 3.8) is 0 Å². The molecule has 0 bridgehead atoms. The molecule has 7 heteroatoms. The van der Waals surface area contributed by atoms with E-state index in [4.69, 9.17) is 9.47 Å². The van der Waals surface area contributed by atoms with Crippen molar-refractivity contribution in [1.82, 2.24) is 14.5 Å². The monoisotopic (exact) mass is 417 g/mol. The minimum atomic E-state index is -0.920. The van der Waals surface area contributed by atoms with Gasteiger partial charge in [0.25, 0.3) is 0 Å². The third-order valence-electron chi connectivity index (χ3n) is 5.04. The number of aryl methyl sites for hydroxylation is 1. The average molecular weight is 417 g/mol. The Morgan fingerprint density at radius 1 is 1.03 bits per heavy atom. The van der Waals surface area contributed by atoms with Gasteiger partial charge in [-0.1, -0.05) is 36.4 Å². The number of hydrogen-bond acceptors (Lipinski definition) is 5. The SMILES string of the molecule is Cc1cc2ncnc(Oc3ccccc3)c2n1CCOCCc1ccccc1C(=O)O. The van der Waals surface area contributed by atoms with Crippen molar-refractivity contribution in [2.45, 2.75) is 19.9 Å². The summed E-state index contributed by atoms with van der Waals surface area (Å²) in [6.45, 7) is 3.53. The Balaban J connectivity index is 1.43. The Hall–Kier alpha value is -3.71. The summed E-state index contributed by atoms with van der Waals surface area (Å²) < 4.78 is 13.9. The van der Waals surface area contributed by atoms with E-state index in [9.17, 15) is 9.90 Å². The van der Waals surface area contributed by atoms with Crippen molar-refractivity contribution in [3.8, 4) is 11.6 Å². The second-order valence-corrected chi connectivity index (χ2v) is 7.09. The van der Waals surface area contributed by atoms with E-state index in [0.29, 0.717) is 43.4 Å². The number of rotatable bonds is 9. The normalized spacial score (nSPS) is 11.0. The smallest absolute Gasteiger partial charge is 0.335 e. The number of nitrogens with zero attached hydrogens (tertiary/aromatic N) is 3. The molecule has 0 amide bonds. The van der Waals surface area contributed by atoms with Gasteiger partial charge in [0.05, 0.1) is 24.3 Å². The second kappa shape index (κ2) is 9.40. The molecular weight excluding hydrogens is 394 g/mol. The van der Waals surface area contributed by atoms with Gasteiger partial charge in [-0.25, -0.2) is 9.78 Å². The predicted molar refractivity (Wildman–Crippen MR) is 117 cm³/mol. The van der Waals surface area contributed by atoms with E-state index in [0.717, 1.165) is 22.3 Å². The van der Waals surface area contributed by atoms with Gasteiger partial charge >= 0.3 is 5.97 Å². The molecule has 4 rings (SSSR count). The Bertz CT molecular complexity index is 1190. The van der Waals surface area contributed by atoms with Gasteiger partial charge in [-0.05, 0) is 43.2 Å². The Labute approximate surface area is 179 Å². The minimum absolute atomic E-state index is 0.318. The fourth-order valence-electron chi connectivity index (χ4n) is 3.54. The van der Waals surface area contributed by atoms with Crippen molar-refractivity contribution in [1.29, 1.82) is 0 Å². The number of carbonyl (C=O) groups is 1. The third kappa shape index (κ3) is 4.73. The molecule has 0 saturated carbocycles. The highest BCUT2D eigenvalue weighted by molar-refractivity contribution is 5.89. The van der Waals surface area contributed by atoms with Crippen LogP contribution in [0, 0.1) is 6.92 Å². The van der Waals surface area contributed by atoms with Crippen LogP contribution in [0.25, 0.3) is 11.0 Å². The zero-order valence-electron chi connectivity index (χ0n) is 17.2. The standard InChI is InChI=1S/C24H23N3O4/c1-17-15-21-22(23(26-16-25-21)31-19-8-3-2-4-9-19)27(17)12-14-30-13-11-18-7-5-6-10-20(18)24(28)29/h2-10,15-16H,11-14H2,1H3,(H,28,29). The first-order valence-corrected chi connectivity index (χ1v) is 10.1. The number of benzene rings is 2. The molecular formula is C24H23N3O4. The van der Waals surface area contributed by atoms with E-state index >= 15 is 0 Å². The molecule has 0 radical (unpaired) electrons. The van der Waals surface area contributed by atoms with E-state index < -0.39 is 5.97 Å². The first kappa shape index (κ1) is 20.6. The van der Waals surface area contributed by atoms with E-state index in [1.165, 1.54) is 6.33 Å². The summed E-state index contributed by atoms with van der Waals surface area (Å²) in [7, 11) is 0. The Morgan fingerprint density at radius 3 is 2.61 bits per heavy atom. The lowest BCUT2D eigenvalue weighted by Crippen LogP contribution is -2.11. The molecule has 1 N–H and O–H groups in total. The van der Waals surface area contributed by atoms with Crippen LogP contribution in [-0.4, -0.2) is 38.8 Å². The summed E-state index contributed by atoms with van der Waals surface area (Å²) >= 11 is 0. The van der Waals surface area contributed by atoms with Gasteiger partial charge in [0.15, 0.2) is 0 Å². The maximum Gasteiger partial charge on any atom is 0.335 e. The number of aromatic nitrogens is 3. The van der Waals surface area contributed by atoms with Crippen LogP contribution in [-0.2, 0) is 17.7 Å². The van der Waals surface area contributed by atoms with Crippen LogP contribution < -0.4 is 4.74 Å². The molecule has 0 saturated heterocycles. The molecule has 0 aliphatic heterocycles. The van der Waals surface area contributed by atoms with Crippen molar-refractivity contribution >= 4 is 17.0 Å². The lowest BCUT2D eigenvalue weighted by Gasteiger charge is -2.12. The van der Waals surface area contributed by atoms with Crippen molar-refractivity contribution in [2.24, 2.45) is 0 Å². The summed E-state index contributed by atoms with van der Waals surface area (Å²) in [6.07, 6.45) is 2.04. The number of hydrogen-bond donors (Lipinski definition) is 1. The Kier molecular flexibility index (Phi) is 6.24. The van der Waals surface area contributed by atoms with E-state index in [1.807, 2.05) is 55.5 Å². The van der Waals surface area contributed by atoms with Gasteiger partial charge in [0, 0.05) is 12.2 Å². The molecule has 7 nitrogen and oxygen atoms in total. The Morgan fingerprint density at radius 2 is 1.81 bits per heavy atom. The van der Waals surface area contributed by atoms with E-state index in [2.05, 4.69) is 14.5 Å². The van der Waals surface area contributed by atoms with Crippen molar-refractivity contribution < 1.29 is 19.4 Å². The van der Waals surface area contributed by atoms with Gasteiger partial charge in [-0.15, -0.1) is 0 Å². The molecule has 0 aliphatic rings. The summed E-state index contributed by atoms with van der Waals surface area (Å²) in [5.74, 6) is 0.289. The van der Waals surface area contributed by atoms with Crippen LogP contribution in [0.4, 0.5) is 0 Å². The minimum Gasteiger partial charge on any atom is -0.478 e. The molecule has 2 aromatic carbocycles. The fraction of sp³-hybridized carbons (Fsp3) is 0.208. The second-order valence-electron chi connectivity index (χ2n) is 7.09. The van der Waals surface area contributed by atoms with Gasteiger partial charge in [0.1, 0.15) is 17.6 Å². The highest BCUT2D eigenvalue weighted by Crippen LogP contribution is 2.28. The quantitative estimate of drug-likeness (QED) is 0.404. The summed E-state index contributed by atoms with van der Waals surface area (Å²) in [6, 6.07) is 18.5. The first-order valence-electron chi connectivity index (χ1n) is 10.1. The largest absolute Gasteiger partial charge is 0.478 e. The lowest BCUT2D eigenvalue weighted by atomic mass is 10.1. The fourth-order valence-corrected chi connectivity index (χ4v) is 3.54. The molecule has 0 unspecified atom stereocenters. The predicted octanol–water partition coefficient (Wildman–Crippen LogP) is 4.49. The molecule has 0 spiro atoms. The van der Waals surface area contributed by atoms with Crippen molar-refractivity contribution in [2.75, 3.05) is 13.2 Å². The van der Waals surface area contributed by atoms with Gasteiger partial charge in [-0.3, -0.25) is 0 Å². The zero-order chi connectivity index (χ0) is 21.6. The maximum atomic E-state index is 11.3. The third-order valence-corrected chi connectivity index (χ3v) is 5.04. The summed E-state index contributed by atoms with van der Waals surface area (Å²) in [5.41, 5.74) is 3.76. The molecule has 0 atom stereocenters. The zero-order valence-corrected chi connectivity index (χ0v) is 17.2. The molecule has 0 fully saturated rings. The van der Waals surface area contributed by atoms with E-state index in [-0.39, 0.29) is 0 Å². The van der Waals surface area contributed by atoms with Gasteiger partial charge in [-0.2, -0.15) is 4.98 Å². The van der Waals surface area contributed by atoms with Gasteiger partial charge in [0.2, 0.25) is 5.88 Å². The molecule has 2 aromatic heterocycles. The van der Waals surface area contributed by atoms with Crippen LogP contribution in [0.2, 0.25) is 0 Å². The lowest BCUT2D eigenvalue weighted by molar-refractivity contribution is 0.0694. The number of aromatic carboxylic acids is 1. The summed E-state index contributed by atoms with van der Waals surface area (Å²) in [4.78, 5) is 20.0. The van der Waals surface area contributed by atoms with Crippen LogP contribution >= 0.6 is 0 Å². The number of ether oxygens (including phenoxy) is 2. The number of para-hydroxylation sites is 1. The van der Waals surface area contributed by atoms with Crippen molar-refractivity contribution in [3.05, 3.63) is 83.8 Å².